The molecule has 0 saturated carbocycles. The fraction of sp³-hybridized carbons (Fsp3) is 0.409. The van der Waals surface area contributed by atoms with Gasteiger partial charge in [-0.3, -0.25) is 14.4 Å². The second kappa shape index (κ2) is 16.7. The molecular weight excluding hydrogens is 739 g/mol. The zero-order chi connectivity index (χ0) is 41.2. The number of fused-ring (bicyclic) bond motifs is 2. The van der Waals surface area contributed by atoms with Gasteiger partial charge in [0, 0.05) is 35.8 Å². The number of carbonyl (C=O) groups excluding carboxylic acids is 4. The van der Waals surface area contributed by atoms with E-state index >= 15 is 0 Å². The molecule has 2 fully saturated rings. The highest BCUT2D eigenvalue weighted by Gasteiger charge is 2.38. The van der Waals surface area contributed by atoms with Crippen LogP contribution in [0.1, 0.15) is 77.0 Å². The minimum Gasteiger partial charge on any atom is -0.453 e. The molecule has 7 rings (SSSR count). The predicted molar refractivity (Wildman–Crippen MR) is 221 cm³/mol. The molecule has 304 valence electrons. The van der Waals surface area contributed by atoms with Gasteiger partial charge < -0.3 is 39.9 Å². The van der Waals surface area contributed by atoms with E-state index in [1.54, 1.807) is 22.1 Å². The summed E-state index contributed by atoms with van der Waals surface area (Å²) in [6, 6.07) is 17.8. The highest BCUT2D eigenvalue weighted by molar-refractivity contribution is 5.92. The molecule has 2 aromatic heterocycles. The minimum atomic E-state index is -0.755. The summed E-state index contributed by atoms with van der Waals surface area (Å²) in [6.07, 6.45) is 3.56. The maximum Gasteiger partial charge on any atom is 0.407 e. The van der Waals surface area contributed by atoms with E-state index in [1.165, 1.54) is 14.2 Å². The number of pyridine rings is 1. The summed E-state index contributed by atoms with van der Waals surface area (Å²) in [5, 5.41) is 8.00. The van der Waals surface area contributed by atoms with E-state index in [1.807, 2.05) is 52.0 Å². The Balaban J connectivity index is 1.11. The van der Waals surface area contributed by atoms with E-state index in [4.69, 9.17) is 14.5 Å². The summed E-state index contributed by atoms with van der Waals surface area (Å²) in [5.41, 5.74) is 4.93. The number of hydrogen-bond acceptors (Lipinski definition) is 8. The highest BCUT2D eigenvalue weighted by atomic mass is 16.5. The molecular formula is C44H51N7O7. The van der Waals surface area contributed by atoms with Gasteiger partial charge in [-0.1, -0.05) is 58.0 Å². The second-order valence-corrected chi connectivity index (χ2v) is 15.9. The fourth-order valence-electron chi connectivity index (χ4n) is 8.30. The number of alkyl carbamates (subject to hydrolysis) is 2. The van der Waals surface area contributed by atoms with Crippen LogP contribution in [-0.4, -0.2) is 88.1 Å². The molecule has 2 aliphatic rings. The zero-order valence-corrected chi connectivity index (χ0v) is 33.8. The van der Waals surface area contributed by atoms with Crippen LogP contribution in [0.15, 0.2) is 71.7 Å². The van der Waals surface area contributed by atoms with Gasteiger partial charge in [0.15, 0.2) is 5.43 Å². The van der Waals surface area contributed by atoms with Crippen molar-refractivity contribution < 1.29 is 28.7 Å². The number of hydrogen-bond donors (Lipinski definition) is 4. The van der Waals surface area contributed by atoms with Crippen molar-refractivity contribution in [2.24, 2.45) is 11.8 Å². The van der Waals surface area contributed by atoms with Crippen molar-refractivity contribution in [3.63, 3.8) is 0 Å². The largest absolute Gasteiger partial charge is 0.453 e. The SMILES string of the molecule is COC(=O)NC(C(=O)N1CCCC1c1cc(=O)c2ccc(-c3ccc4cc(-c5cnc(C6CCCN6C(=O)C(NC(=O)OC)C(C)C)[nH]5)ccc4c3)cc2[nH]1)C(C)C. The van der Waals surface area contributed by atoms with Gasteiger partial charge in [0.25, 0.3) is 0 Å². The smallest absolute Gasteiger partial charge is 0.407 e. The van der Waals surface area contributed by atoms with Crippen LogP contribution in [0.3, 0.4) is 0 Å². The Bertz CT molecular complexity index is 2420. The number of H-pyrrole nitrogens is 2. The third-order valence-electron chi connectivity index (χ3n) is 11.5. The molecule has 14 heteroatoms. The maximum absolute atomic E-state index is 13.7. The average molecular weight is 790 g/mol. The molecule has 4 unspecified atom stereocenters. The Morgan fingerprint density at radius 2 is 1.24 bits per heavy atom. The van der Waals surface area contributed by atoms with E-state index in [0.29, 0.717) is 41.9 Å². The van der Waals surface area contributed by atoms with Crippen LogP contribution < -0.4 is 16.1 Å². The number of aromatic nitrogens is 3. The maximum atomic E-state index is 13.7. The van der Waals surface area contributed by atoms with E-state index in [0.717, 1.165) is 52.4 Å². The summed E-state index contributed by atoms with van der Waals surface area (Å²) >= 11 is 0. The number of benzene rings is 3. The van der Waals surface area contributed by atoms with Gasteiger partial charge in [0.1, 0.15) is 17.9 Å². The Kier molecular flexibility index (Phi) is 11.6. The number of amides is 4. The van der Waals surface area contributed by atoms with Crippen LogP contribution in [-0.2, 0) is 19.1 Å². The number of likely N-dealkylation sites (tertiary alicyclic amines) is 2. The molecule has 0 aliphatic carbocycles. The number of aromatic amines is 2. The molecule has 5 aromatic rings. The first-order valence-electron chi connectivity index (χ1n) is 19.9. The number of carbonyl (C=O) groups is 4. The Labute approximate surface area is 336 Å². The van der Waals surface area contributed by atoms with E-state index in [9.17, 15) is 24.0 Å². The van der Waals surface area contributed by atoms with Crippen molar-refractivity contribution >= 4 is 45.7 Å². The molecule has 0 bridgehead atoms. The number of rotatable bonds is 10. The van der Waals surface area contributed by atoms with Crippen LogP contribution in [0.5, 0.6) is 0 Å². The van der Waals surface area contributed by atoms with Crippen LogP contribution in [0.2, 0.25) is 0 Å². The molecule has 4 amide bonds. The number of imidazole rings is 1. The van der Waals surface area contributed by atoms with Crippen LogP contribution in [0.4, 0.5) is 9.59 Å². The number of ether oxygens (including phenoxy) is 2. The Hall–Kier alpha value is -6.18. The lowest BCUT2D eigenvalue weighted by molar-refractivity contribution is -0.136. The van der Waals surface area contributed by atoms with Crippen molar-refractivity contribution in [3.05, 3.63) is 88.6 Å². The molecule has 0 radical (unpaired) electrons. The number of nitrogens with zero attached hydrogens (tertiary/aromatic N) is 3. The molecule has 4 atom stereocenters. The van der Waals surface area contributed by atoms with Gasteiger partial charge in [0.05, 0.1) is 43.7 Å². The van der Waals surface area contributed by atoms with E-state index in [2.05, 4.69) is 50.9 Å². The monoisotopic (exact) mass is 789 g/mol. The lowest BCUT2D eigenvalue weighted by atomic mass is 9.98. The summed E-state index contributed by atoms with van der Waals surface area (Å²) < 4.78 is 9.53. The molecule has 2 saturated heterocycles. The molecule has 3 aromatic carbocycles. The van der Waals surface area contributed by atoms with Gasteiger partial charge in [-0.25, -0.2) is 14.6 Å². The lowest BCUT2D eigenvalue weighted by Crippen LogP contribution is -2.51. The van der Waals surface area contributed by atoms with Gasteiger partial charge in [-0.2, -0.15) is 0 Å². The summed E-state index contributed by atoms with van der Waals surface area (Å²) in [4.78, 5) is 79.9. The van der Waals surface area contributed by atoms with Crippen LogP contribution in [0.25, 0.3) is 44.1 Å². The summed E-state index contributed by atoms with van der Waals surface area (Å²) in [6.45, 7) is 8.63. The van der Waals surface area contributed by atoms with Crippen LogP contribution >= 0.6 is 0 Å². The quantitative estimate of drug-likeness (QED) is 0.119. The van der Waals surface area contributed by atoms with Gasteiger partial charge in [0.2, 0.25) is 11.8 Å². The molecule has 0 spiro atoms. The van der Waals surface area contributed by atoms with E-state index in [-0.39, 0.29) is 41.2 Å². The van der Waals surface area contributed by atoms with Crippen molar-refractivity contribution in [2.45, 2.75) is 77.5 Å². The molecule has 2 aliphatic heterocycles. The standard InChI is InChI=1S/C44H51N7O7/c1-24(2)38(48-43(55)57-5)41(53)50-17-7-9-35(50)33-22-37(52)31-16-15-29(21-32(31)46-33)27-11-12-28-20-30(14-13-26(28)19-27)34-23-45-40(47-34)36-10-8-18-51(36)42(54)39(25(3)4)49-44(56)58-6/h11-16,19-25,35-36,38-39H,7-10,17-18H2,1-6H3,(H,45,47)(H,46,52)(H,48,55)(H,49,56). The zero-order valence-electron chi connectivity index (χ0n) is 33.8. The number of nitrogens with one attached hydrogen (secondary N) is 4. The first-order chi connectivity index (χ1) is 27.9. The van der Waals surface area contributed by atoms with Crippen molar-refractivity contribution in [1.29, 1.82) is 0 Å². The van der Waals surface area contributed by atoms with Gasteiger partial charge in [-0.05, 0) is 83.7 Å². The Morgan fingerprint density at radius 3 is 1.84 bits per heavy atom. The third kappa shape index (κ3) is 8.00. The summed E-state index contributed by atoms with van der Waals surface area (Å²) in [7, 11) is 2.55. The fourth-order valence-corrected chi connectivity index (χ4v) is 8.30. The van der Waals surface area contributed by atoms with Crippen LogP contribution in [0, 0.1) is 11.8 Å². The lowest BCUT2D eigenvalue weighted by Gasteiger charge is -2.31. The first kappa shape index (κ1) is 40.0. The van der Waals surface area contributed by atoms with Gasteiger partial charge >= 0.3 is 12.2 Å². The first-order valence-corrected chi connectivity index (χ1v) is 19.9. The topological polar surface area (TPSA) is 179 Å². The van der Waals surface area contributed by atoms with Crippen molar-refractivity contribution in [2.75, 3.05) is 27.3 Å². The van der Waals surface area contributed by atoms with E-state index < -0.39 is 24.3 Å². The minimum absolute atomic E-state index is 0.120. The number of methoxy groups -OCH3 is 2. The predicted octanol–water partition coefficient (Wildman–Crippen LogP) is 6.83. The molecule has 4 N–H and O–H groups in total. The third-order valence-corrected chi connectivity index (χ3v) is 11.5. The van der Waals surface area contributed by atoms with Crippen molar-refractivity contribution in [3.8, 4) is 22.4 Å². The molecule has 58 heavy (non-hydrogen) atoms. The highest BCUT2D eigenvalue weighted by Crippen LogP contribution is 2.35. The molecule has 14 nitrogen and oxygen atoms in total. The summed E-state index contributed by atoms with van der Waals surface area (Å²) in [5.74, 6) is 0.0673. The molecule has 4 heterocycles. The second-order valence-electron chi connectivity index (χ2n) is 15.9. The van der Waals surface area contributed by atoms with Gasteiger partial charge in [-0.15, -0.1) is 0 Å². The average Bonchev–Trinajstić information content (AvgIpc) is 4.02. The normalized spacial score (nSPS) is 17.9. The Morgan fingerprint density at radius 1 is 0.707 bits per heavy atom. The van der Waals surface area contributed by atoms with Crippen molar-refractivity contribution in [1.82, 2.24) is 35.4 Å².